The predicted octanol–water partition coefficient (Wildman–Crippen LogP) is 0.667. The van der Waals surface area contributed by atoms with Crippen LogP contribution in [-0.4, -0.2) is 24.6 Å². The van der Waals surface area contributed by atoms with Gasteiger partial charge in [0.25, 0.3) is 0 Å². The van der Waals surface area contributed by atoms with Gasteiger partial charge in [-0.25, -0.2) is 0 Å². The fraction of sp³-hybridized carbons (Fsp3) is 0.636. The summed E-state index contributed by atoms with van der Waals surface area (Å²) in [5, 5.41) is 0. The highest BCUT2D eigenvalue weighted by Crippen LogP contribution is 2.52. The van der Waals surface area contributed by atoms with Crippen molar-refractivity contribution in [2.45, 2.75) is 18.4 Å². The Hall–Kier alpha value is -1.16. The lowest BCUT2D eigenvalue weighted by molar-refractivity contribution is -0.155. The van der Waals surface area contributed by atoms with Gasteiger partial charge in [-0.1, -0.05) is 12.2 Å². The summed E-state index contributed by atoms with van der Waals surface area (Å²) in [6, 6.07) is 0. The molecule has 0 unspecified atom stereocenters. The first kappa shape index (κ1) is 9.09. The lowest BCUT2D eigenvalue weighted by atomic mass is 9.60. The first-order chi connectivity index (χ1) is 7.18. The zero-order valence-electron chi connectivity index (χ0n) is 8.43. The number of allylic oxidation sites excluding steroid dienone is 1. The van der Waals surface area contributed by atoms with Crippen molar-refractivity contribution in [3.05, 3.63) is 12.2 Å². The van der Waals surface area contributed by atoms with E-state index in [9.17, 15) is 9.59 Å². The molecule has 0 spiro atoms. The topological polar surface area (TPSA) is 52.6 Å². The molecule has 0 amide bonds. The Kier molecular flexibility index (Phi) is 1.63. The zero-order valence-corrected chi connectivity index (χ0v) is 8.43. The van der Waals surface area contributed by atoms with Gasteiger partial charge in [0.15, 0.2) is 0 Å². The molecule has 0 aromatic carbocycles. The maximum Gasteiger partial charge on any atom is 0.320 e. The minimum absolute atomic E-state index is 0.158. The molecule has 1 saturated heterocycles. The van der Waals surface area contributed by atoms with Crippen LogP contribution in [0.5, 0.6) is 0 Å². The Morgan fingerprint density at radius 1 is 1.47 bits per heavy atom. The van der Waals surface area contributed by atoms with Crippen LogP contribution >= 0.6 is 0 Å². The molecule has 4 atom stereocenters. The van der Waals surface area contributed by atoms with Crippen molar-refractivity contribution < 1.29 is 19.1 Å². The van der Waals surface area contributed by atoms with Gasteiger partial charge < -0.3 is 9.47 Å². The highest BCUT2D eigenvalue weighted by molar-refractivity contribution is 5.98. The summed E-state index contributed by atoms with van der Waals surface area (Å²) in [5.74, 6) is -1.36. The van der Waals surface area contributed by atoms with E-state index in [0.29, 0.717) is 0 Å². The van der Waals surface area contributed by atoms with Gasteiger partial charge in [-0.3, -0.25) is 9.59 Å². The minimum atomic E-state index is -0.595. The Labute approximate surface area is 87.2 Å². The lowest BCUT2D eigenvalue weighted by Crippen LogP contribution is -2.52. The monoisotopic (exact) mass is 208 g/mol. The third kappa shape index (κ3) is 0.951. The summed E-state index contributed by atoms with van der Waals surface area (Å²) >= 11 is 0. The maximum absolute atomic E-state index is 11.6. The average molecular weight is 208 g/mol. The number of hydrogen-bond acceptors (Lipinski definition) is 4. The molecular weight excluding hydrogens is 196 g/mol. The smallest absolute Gasteiger partial charge is 0.320 e. The number of ether oxygens (including phenoxy) is 2. The Balaban J connectivity index is 2.11. The number of carbonyl (C=O) groups is 2. The van der Waals surface area contributed by atoms with Crippen LogP contribution in [0.15, 0.2) is 12.2 Å². The molecule has 0 radical (unpaired) electrons. The van der Waals surface area contributed by atoms with E-state index in [1.54, 1.807) is 7.11 Å². The molecule has 15 heavy (non-hydrogen) atoms. The first-order valence-corrected chi connectivity index (χ1v) is 5.18. The van der Waals surface area contributed by atoms with Gasteiger partial charge in [0.2, 0.25) is 0 Å². The molecule has 4 heteroatoms. The fourth-order valence-corrected chi connectivity index (χ4v) is 3.15. The molecule has 2 fully saturated rings. The van der Waals surface area contributed by atoms with Crippen molar-refractivity contribution in [1.82, 2.24) is 0 Å². The first-order valence-electron chi connectivity index (χ1n) is 5.18. The zero-order chi connectivity index (χ0) is 10.6. The van der Waals surface area contributed by atoms with Crippen LogP contribution in [0.4, 0.5) is 0 Å². The van der Waals surface area contributed by atoms with E-state index >= 15 is 0 Å². The number of hydrogen-bond donors (Lipinski definition) is 0. The summed E-state index contributed by atoms with van der Waals surface area (Å²) in [6.07, 6.45) is 5.62. The molecule has 1 aliphatic heterocycles. The number of cyclic esters (lactones) is 2. The Morgan fingerprint density at radius 3 is 2.87 bits per heavy atom. The number of esters is 2. The van der Waals surface area contributed by atoms with Gasteiger partial charge in [0.05, 0.1) is 5.92 Å². The SMILES string of the molecule is CO[C@@]12C=C[C@@H](CC1)[C@@H]1C(=O)OC(=O)[C@@H]12. The fourth-order valence-electron chi connectivity index (χ4n) is 3.15. The summed E-state index contributed by atoms with van der Waals surface area (Å²) in [5.41, 5.74) is -0.595. The molecule has 2 bridgehead atoms. The van der Waals surface area contributed by atoms with Crippen LogP contribution in [0.1, 0.15) is 12.8 Å². The molecule has 4 nitrogen and oxygen atoms in total. The quantitative estimate of drug-likeness (QED) is 0.361. The van der Waals surface area contributed by atoms with E-state index in [2.05, 4.69) is 0 Å². The molecule has 0 aromatic heterocycles. The van der Waals surface area contributed by atoms with Gasteiger partial charge in [-0.2, -0.15) is 0 Å². The van der Waals surface area contributed by atoms with Crippen molar-refractivity contribution >= 4 is 11.9 Å². The average Bonchev–Trinajstić information content (AvgIpc) is 2.59. The molecule has 3 aliphatic carbocycles. The van der Waals surface area contributed by atoms with Gasteiger partial charge >= 0.3 is 11.9 Å². The maximum atomic E-state index is 11.6. The van der Waals surface area contributed by atoms with Crippen LogP contribution in [0.3, 0.4) is 0 Å². The molecule has 4 aliphatic rings. The minimum Gasteiger partial charge on any atom is -0.393 e. The summed E-state index contributed by atoms with van der Waals surface area (Å²) in [6.45, 7) is 0. The van der Waals surface area contributed by atoms with E-state index in [-0.39, 0.29) is 17.8 Å². The van der Waals surface area contributed by atoms with E-state index in [1.807, 2.05) is 12.2 Å². The second-order valence-corrected chi connectivity index (χ2v) is 4.46. The largest absolute Gasteiger partial charge is 0.393 e. The normalized spacial score (nSPS) is 46.9. The number of rotatable bonds is 1. The van der Waals surface area contributed by atoms with Crippen molar-refractivity contribution in [2.75, 3.05) is 7.11 Å². The van der Waals surface area contributed by atoms with Gasteiger partial charge in [-0.15, -0.1) is 0 Å². The van der Waals surface area contributed by atoms with E-state index < -0.39 is 17.5 Å². The summed E-state index contributed by atoms with van der Waals surface area (Å²) in [4.78, 5) is 23.2. The second kappa shape index (κ2) is 2.70. The predicted molar refractivity (Wildman–Crippen MR) is 49.7 cm³/mol. The highest BCUT2D eigenvalue weighted by Gasteiger charge is 2.62. The molecular formula is C11H12O4. The van der Waals surface area contributed by atoms with Gasteiger partial charge in [0.1, 0.15) is 11.5 Å². The number of carbonyl (C=O) groups excluding carboxylic acids is 2. The third-order valence-electron chi connectivity index (χ3n) is 3.95. The molecule has 0 aromatic rings. The molecule has 80 valence electrons. The van der Waals surface area contributed by atoms with Crippen molar-refractivity contribution in [3.63, 3.8) is 0 Å². The Morgan fingerprint density at radius 2 is 2.27 bits per heavy atom. The van der Waals surface area contributed by atoms with E-state index in [4.69, 9.17) is 9.47 Å². The number of methoxy groups -OCH3 is 1. The van der Waals surface area contributed by atoms with Crippen molar-refractivity contribution in [1.29, 1.82) is 0 Å². The van der Waals surface area contributed by atoms with Gasteiger partial charge in [-0.05, 0) is 18.8 Å². The van der Waals surface area contributed by atoms with E-state index in [1.165, 1.54) is 0 Å². The summed E-state index contributed by atoms with van der Waals surface area (Å²) < 4.78 is 10.2. The highest BCUT2D eigenvalue weighted by atomic mass is 16.6. The van der Waals surface area contributed by atoms with Crippen LogP contribution < -0.4 is 0 Å². The van der Waals surface area contributed by atoms with Gasteiger partial charge in [0, 0.05) is 7.11 Å². The van der Waals surface area contributed by atoms with Crippen molar-refractivity contribution in [3.8, 4) is 0 Å². The van der Waals surface area contributed by atoms with E-state index in [0.717, 1.165) is 12.8 Å². The molecule has 1 heterocycles. The number of fused-ring (bicyclic) bond motifs is 1. The standard InChI is InChI=1S/C11H12O4/c1-14-11-4-2-6(3-5-11)7-8(11)10(13)15-9(7)12/h2,4,6-8H,3,5H2,1H3/t6-,7-,8+,11-/m0/s1. The van der Waals surface area contributed by atoms with Crippen LogP contribution in [0.2, 0.25) is 0 Å². The summed E-state index contributed by atoms with van der Waals surface area (Å²) in [7, 11) is 1.59. The molecule has 4 rings (SSSR count). The second-order valence-electron chi connectivity index (χ2n) is 4.46. The Bertz CT molecular complexity index is 373. The molecule has 0 N–H and O–H groups in total. The lowest BCUT2D eigenvalue weighted by Gasteiger charge is -2.46. The van der Waals surface area contributed by atoms with Crippen LogP contribution in [0.25, 0.3) is 0 Å². The van der Waals surface area contributed by atoms with Crippen LogP contribution in [0, 0.1) is 17.8 Å². The third-order valence-corrected chi connectivity index (χ3v) is 3.95. The molecule has 1 saturated carbocycles. The van der Waals surface area contributed by atoms with Crippen LogP contribution in [-0.2, 0) is 19.1 Å². The van der Waals surface area contributed by atoms with Crippen molar-refractivity contribution in [2.24, 2.45) is 17.8 Å².